The first kappa shape index (κ1) is 12.3. The topological polar surface area (TPSA) is 12.0 Å². The van der Waals surface area contributed by atoms with E-state index in [0.717, 1.165) is 17.4 Å². The average Bonchev–Trinajstić information content (AvgIpc) is 2.81. The van der Waals surface area contributed by atoms with E-state index in [-0.39, 0.29) is 12.4 Å². The average molecular weight is 218 g/mol. The minimum atomic E-state index is 0. The maximum Gasteiger partial charge on any atom is 0.00699 e. The van der Waals surface area contributed by atoms with Gasteiger partial charge < -0.3 is 5.32 Å². The number of halogens is 1. The van der Waals surface area contributed by atoms with Crippen LogP contribution >= 0.6 is 12.4 Å². The van der Waals surface area contributed by atoms with Crippen LogP contribution in [0.4, 0.5) is 0 Å². The van der Waals surface area contributed by atoms with Crippen LogP contribution in [0.2, 0.25) is 0 Å². The van der Waals surface area contributed by atoms with Crippen molar-refractivity contribution < 1.29 is 0 Å². The molecule has 0 spiro atoms. The van der Waals surface area contributed by atoms with Gasteiger partial charge >= 0.3 is 0 Å². The molecule has 0 heterocycles. The molecule has 0 aromatic heterocycles. The van der Waals surface area contributed by atoms with Gasteiger partial charge in [-0.05, 0) is 49.9 Å². The summed E-state index contributed by atoms with van der Waals surface area (Å²) in [7, 11) is 0. The predicted molar refractivity (Wildman–Crippen MR) is 64.0 cm³/mol. The molecule has 0 aliphatic heterocycles. The minimum absolute atomic E-state index is 0. The molecule has 2 saturated carbocycles. The molecule has 1 nitrogen and oxygen atoms in total. The van der Waals surface area contributed by atoms with Gasteiger partial charge in [0.25, 0.3) is 0 Å². The Kier molecular flexibility index (Phi) is 4.27. The molecule has 0 amide bonds. The van der Waals surface area contributed by atoms with E-state index in [0.29, 0.717) is 0 Å². The summed E-state index contributed by atoms with van der Waals surface area (Å²) in [6.45, 7) is 6.02. The van der Waals surface area contributed by atoms with E-state index in [1.54, 1.807) is 0 Å². The second-order valence-electron chi connectivity index (χ2n) is 5.35. The van der Waals surface area contributed by atoms with Gasteiger partial charge in [-0.2, -0.15) is 0 Å². The summed E-state index contributed by atoms with van der Waals surface area (Å²) >= 11 is 0. The largest absolute Gasteiger partial charge is 0.313 e. The molecule has 0 aromatic rings. The van der Waals surface area contributed by atoms with Gasteiger partial charge in [0, 0.05) is 12.6 Å². The Morgan fingerprint density at radius 1 is 1.29 bits per heavy atom. The van der Waals surface area contributed by atoms with E-state index in [1.807, 2.05) is 0 Å². The zero-order valence-corrected chi connectivity index (χ0v) is 10.3. The lowest BCUT2D eigenvalue weighted by atomic mass is 10.0. The summed E-state index contributed by atoms with van der Waals surface area (Å²) in [5.74, 6) is 0.967. The van der Waals surface area contributed by atoms with E-state index in [2.05, 4.69) is 19.2 Å². The molecule has 0 saturated heterocycles. The first-order valence-corrected chi connectivity index (χ1v) is 5.97. The summed E-state index contributed by atoms with van der Waals surface area (Å²) in [6, 6.07) is 0.846. The summed E-state index contributed by atoms with van der Waals surface area (Å²) < 4.78 is 0. The Morgan fingerprint density at radius 2 is 2.00 bits per heavy atom. The Labute approximate surface area is 94.4 Å². The van der Waals surface area contributed by atoms with Gasteiger partial charge in [0.05, 0.1) is 0 Å². The Balaban J connectivity index is 0.000000980. The number of hydrogen-bond donors (Lipinski definition) is 1. The van der Waals surface area contributed by atoms with Crippen molar-refractivity contribution in [1.29, 1.82) is 0 Å². The van der Waals surface area contributed by atoms with Gasteiger partial charge in [0.1, 0.15) is 0 Å². The zero-order chi connectivity index (χ0) is 9.31. The van der Waals surface area contributed by atoms with E-state index in [9.17, 15) is 0 Å². The SMILES string of the molecule is CCC1(CNC2CCC(C)C2)CC1.Cl. The molecule has 84 valence electrons. The molecule has 2 rings (SSSR count). The molecule has 2 atom stereocenters. The fourth-order valence-corrected chi connectivity index (χ4v) is 2.59. The van der Waals surface area contributed by atoms with Crippen LogP contribution in [0.25, 0.3) is 0 Å². The molecule has 2 aliphatic rings. The van der Waals surface area contributed by atoms with Crippen molar-refractivity contribution in [2.45, 2.75) is 58.4 Å². The van der Waals surface area contributed by atoms with E-state index in [4.69, 9.17) is 0 Å². The van der Waals surface area contributed by atoms with Crippen LogP contribution in [0.1, 0.15) is 52.4 Å². The maximum absolute atomic E-state index is 3.77. The van der Waals surface area contributed by atoms with Crippen LogP contribution in [-0.4, -0.2) is 12.6 Å². The van der Waals surface area contributed by atoms with Gasteiger partial charge in [-0.3, -0.25) is 0 Å². The van der Waals surface area contributed by atoms with Crippen molar-refractivity contribution in [2.75, 3.05) is 6.54 Å². The molecule has 2 fully saturated rings. The van der Waals surface area contributed by atoms with Crippen LogP contribution in [0.15, 0.2) is 0 Å². The lowest BCUT2D eigenvalue weighted by Gasteiger charge is -2.18. The van der Waals surface area contributed by atoms with Crippen molar-refractivity contribution >= 4 is 12.4 Å². The molecule has 14 heavy (non-hydrogen) atoms. The number of hydrogen-bond acceptors (Lipinski definition) is 1. The van der Waals surface area contributed by atoms with Crippen LogP contribution in [0.3, 0.4) is 0 Å². The monoisotopic (exact) mass is 217 g/mol. The standard InChI is InChI=1S/C12H23N.ClH/c1-3-12(6-7-12)9-13-11-5-4-10(2)8-11;/h10-11,13H,3-9H2,1-2H3;1H. The highest BCUT2D eigenvalue weighted by molar-refractivity contribution is 5.85. The summed E-state index contributed by atoms with van der Waals surface area (Å²) in [5, 5.41) is 3.77. The molecular weight excluding hydrogens is 194 g/mol. The van der Waals surface area contributed by atoms with E-state index < -0.39 is 0 Å². The highest BCUT2D eigenvalue weighted by Crippen LogP contribution is 2.48. The first-order valence-electron chi connectivity index (χ1n) is 5.97. The fourth-order valence-electron chi connectivity index (χ4n) is 2.59. The number of nitrogens with one attached hydrogen (secondary N) is 1. The smallest absolute Gasteiger partial charge is 0.00699 e. The van der Waals surface area contributed by atoms with Crippen molar-refractivity contribution in [3.63, 3.8) is 0 Å². The second kappa shape index (κ2) is 4.85. The molecule has 1 N–H and O–H groups in total. The molecular formula is C12H24ClN. The van der Waals surface area contributed by atoms with Gasteiger partial charge in [-0.15, -0.1) is 12.4 Å². The Hall–Kier alpha value is 0.250. The first-order chi connectivity index (χ1) is 6.24. The molecule has 2 heteroatoms. The molecule has 2 unspecified atom stereocenters. The third kappa shape index (κ3) is 2.87. The number of rotatable bonds is 4. The molecule has 0 radical (unpaired) electrons. The van der Waals surface area contributed by atoms with E-state index in [1.165, 1.54) is 45.1 Å². The zero-order valence-electron chi connectivity index (χ0n) is 9.51. The van der Waals surface area contributed by atoms with Gasteiger partial charge in [-0.1, -0.05) is 13.8 Å². The van der Waals surface area contributed by atoms with Crippen molar-refractivity contribution in [2.24, 2.45) is 11.3 Å². The van der Waals surface area contributed by atoms with Crippen LogP contribution in [-0.2, 0) is 0 Å². The maximum atomic E-state index is 3.77. The lowest BCUT2D eigenvalue weighted by molar-refractivity contribution is 0.397. The lowest BCUT2D eigenvalue weighted by Crippen LogP contribution is -2.32. The highest BCUT2D eigenvalue weighted by Gasteiger charge is 2.40. The molecule has 2 aliphatic carbocycles. The Morgan fingerprint density at radius 3 is 2.43 bits per heavy atom. The van der Waals surface area contributed by atoms with Crippen molar-refractivity contribution in [1.82, 2.24) is 5.32 Å². The van der Waals surface area contributed by atoms with Crippen molar-refractivity contribution in [3.8, 4) is 0 Å². The van der Waals surface area contributed by atoms with E-state index >= 15 is 0 Å². The quantitative estimate of drug-likeness (QED) is 0.762. The van der Waals surface area contributed by atoms with Crippen LogP contribution in [0, 0.1) is 11.3 Å². The molecule has 0 bridgehead atoms. The van der Waals surface area contributed by atoms with Crippen molar-refractivity contribution in [3.05, 3.63) is 0 Å². The summed E-state index contributed by atoms with van der Waals surface area (Å²) in [5.41, 5.74) is 0.728. The minimum Gasteiger partial charge on any atom is -0.313 e. The third-order valence-corrected chi connectivity index (χ3v) is 4.17. The highest BCUT2D eigenvalue weighted by atomic mass is 35.5. The fraction of sp³-hybridized carbons (Fsp3) is 1.00. The molecule has 0 aromatic carbocycles. The van der Waals surface area contributed by atoms with Gasteiger partial charge in [0.2, 0.25) is 0 Å². The predicted octanol–water partition coefficient (Wildman–Crippen LogP) is 3.38. The van der Waals surface area contributed by atoms with Gasteiger partial charge in [0.15, 0.2) is 0 Å². The normalized spacial score (nSPS) is 33.9. The van der Waals surface area contributed by atoms with Gasteiger partial charge in [-0.25, -0.2) is 0 Å². The summed E-state index contributed by atoms with van der Waals surface area (Å²) in [6.07, 6.45) is 8.59. The summed E-state index contributed by atoms with van der Waals surface area (Å²) in [4.78, 5) is 0. The van der Waals surface area contributed by atoms with Crippen LogP contribution in [0.5, 0.6) is 0 Å². The second-order valence-corrected chi connectivity index (χ2v) is 5.35. The van der Waals surface area contributed by atoms with Crippen LogP contribution < -0.4 is 5.32 Å². The third-order valence-electron chi connectivity index (χ3n) is 4.17. The Bertz CT molecular complexity index is 177.